The van der Waals surface area contributed by atoms with Gasteiger partial charge in [0.05, 0.1) is 17.7 Å². The van der Waals surface area contributed by atoms with Gasteiger partial charge in [-0.2, -0.15) is 13.2 Å². The maximum absolute atomic E-state index is 12.8. The van der Waals surface area contributed by atoms with Crippen LogP contribution in [0.5, 0.6) is 5.75 Å². The van der Waals surface area contributed by atoms with E-state index < -0.39 is 23.6 Å². The number of halogens is 3. The van der Waals surface area contributed by atoms with Crippen LogP contribution in [0.3, 0.4) is 0 Å². The van der Waals surface area contributed by atoms with Gasteiger partial charge in [0.15, 0.2) is 5.82 Å². The third kappa shape index (κ3) is 3.80. The van der Waals surface area contributed by atoms with Crippen molar-refractivity contribution in [2.75, 3.05) is 5.32 Å². The van der Waals surface area contributed by atoms with Crippen molar-refractivity contribution < 1.29 is 23.4 Å². The highest BCUT2D eigenvalue weighted by molar-refractivity contribution is 5.97. The summed E-state index contributed by atoms with van der Waals surface area (Å²) in [5.74, 6) is -0.288. The van der Waals surface area contributed by atoms with E-state index in [0.717, 1.165) is 19.3 Å². The average Bonchev–Trinajstić information content (AvgIpc) is 2.69. The van der Waals surface area contributed by atoms with Gasteiger partial charge in [-0.15, -0.1) is 10.2 Å². The first kappa shape index (κ1) is 19.3. The van der Waals surface area contributed by atoms with Crippen LogP contribution >= 0.6 is 0 Å². The monoisotopic (exact) mass is 405 g/mol. The first-order chi connectivity index (χ1) is 13.8. The van der Waals surface area contributed by atoms with Crippen LogP contribution in [0.4, 0.5) is 19.0 Å². The summed E-state index contributed by atoms with van der Waals surface area (Å²) in [7, 11) is 0. The molecule has 0 spiro atoms. The average molecular weight is 405 g/mol. The van der Waals surface area contributed by atoms with E-state index in [1.165, 1.54) is 0 Å². The Morgan fingerprint density at radius 2 is 1.86 bits per heavy atom. The molecule has 0 bridgehead atoms. The van der Waals surface area contributed by atoms with Crippen LogP contribution in [0.1, 0.15) is 31.2 Å². The molecule has 1 saturated carbocycles. The molecular formula is C19H18F3N5O2. The first-order valence-electron chi connectivity index (χ1n) is 9.17. The quantitative estimate of drug-likeness (QED) is 0.612. The standard InChI is InChI=1S/C19H18F3N5O2/c20-19(21,22)10-8-14(29)17(24-9-10)15-11-4-3-7-23-16(11)18(27-26-15)25-12-5-1-2-6-13(12)28/h3-4,7-9,12-13,28-29H,1-2,5-6H2,(H,25,27). The first-order valence-corrected chi connectivity index (χ1v) is 9.17. The Labute approximate surface area is 163 Å². The molecule has 1 fully saturated rings. The Morgan fingerprint density at radius 3 is 2.59 bits per heavy atom. The molecule has 3 aromatic rings. The van der Waals surface area contributed by atoms with Gasteiger partial charge in [0.2, 0.25) is 0 Å². The minimum Gasteiger partial charge on any atom is -0.506 e. The van der Waals surface area contributed by atoms with Gasteiger partial charge in [0.25, 0.3) is 0 Å². The van der Waals surface area contributed by atoms with Crippen molar-refractivity contribution in [1.29, 1.82) is 0 Å². The van der Waals surface area contributed by atoms with Crippen LogP contribution in [-0.4, -0.2) is 42.5 Å². The number of fused-ring (bicyclic) bond motifs is 1. The molecule has 0 saturated heterocycles. The molecule has 0 aliphatic heterocycles. The number of hydrogen-bond donors (Lipinski definition) is 3. The molecule has 0 radical (unpaired) electrons. The van der Waals surface area contributed by atoms with Crippen LogP contribution in [-0.2, 0) is 6.18 Å². The molecule has 7 nitrogen and oxygen atoms in total. The predicted octanol–water partition coefficient (Wildman–Crippen LogP) is 3.53. The molecule has 2 unspecified atom stereocenters. The highest BCUT2D eigenvalue weighted by atomic mass is 19.4. The second-order valence-electron chi connectivity index (χ2n) is 6.99. The fourth-order valence-electron chi connectivity index (χ4n) is 3.50. The number of aromatic hydroxyl groups is 1. The summed E-state index contributed by atoms with van der Waals surface area (Å²) in [6.45, 7) is 0. The number of anilines is 1. The summed E-state index contributed by atoms with van der Waals surface area (Å²) in [4.78, 5) is 8.07. The molecule has 29 heavy (non-hydrogen) atoms. The number of aliphatic hydroxyl groups excluding tert-OH is 1. The number of alkyl halides is 3. The highest BCUT2D eigenvalue weighted by Gasteiger charge is 2.32. The van der Waals surface area contributed by atoms with E-state index in [1.54, 1.807) is 18.3 Å². The largest absolute Gasteiger partial charge is 0.506 e. The number of nitrogens with one attached hydrogen (secondary N) is 1. The van der Waals surface area contributed by atoms with Crippen LogP contribution in [0.15, 0.2) is 30.6 Å². The third-order valence-corrected chi connectivity index (χ3v) is 5.01. The maximum Gasteiger partial charge on any atom is 0.418 e. The number of aliphatic hydroxyl groups is 1. The molecule has 1 aliphatic rings. The van der Waals surface area contributed by atoms with Crippen LogP contribution in [0.2, 0.25) is 0 Å². The third-order valence-electron chi connectivity index (χ3n) is 5.01. The van der Waals surface area contributed by atoms with Gasteiger partial charge in [-0.05, 0) is 31.0 Å². The zero-order valence-electron chi connectivity index (χ0n) is 15.2. The lowest BCUT2D eigenvalue weighted by atomic mass is 9.92. The number of aromatic nitrogens is 4. The minimum absolute atomic E-state index is 0.118. The molecule has 0 amide bonds. The van der Waals surface area contributed by atoms with E-state index >= 15 is 0 Å². The Kier molecular flexibility index (Phi) is 4.95. The van der Waals surface area contributed by atoms with Gasteiger partial charge in [-0.3, -0.25) is 4.98 Å². The van der Waals surface area contributed by atoms with Crippen LogP contribution in [0.25, 0.3) is 22.3 Å². The van der Waals surface area contributed by atoms with Gasteiger partial charge < -0.3 is 15.5 Å². The van der Waals surface area contributed by atoms with E-state index in [1.807, 2.05) is 0 Å². The van der Waals surface area contributed by atoms with Gasteiger partial charge >= 0.3 is 6.18 Å². The SMILES string of the molecule is Oc1cc(C(F)(F)F)cnc1-c1nnc(NC2CCCCC2O)c2ncccc12. The van der Waals surface area contributed by atoms with Crippen LogP contribution < -0.4 is 5.32 Å². The fourth-order valence-corrected chi connectivity index (χ4v) is 3.50. The second-order valence-corrected chi connectivity index (χ2v) is 6.99. The highest BCUT2D eigenvalue weighted by Crippen LogP contribution is 2.37. The van der Waals surface area contributed by atoms with E-state index in [9.17, 15) is 23.4 Å². The van der Waals surface area contributed by atoms with Crippen LogP contribution in [0, 0.1) is 0 Å². The van der Waals surface area contributed by atoms with Crippen molar-refractivity contribution in [2.24, 2.45) is 0 Å². The molecule has 1 aliphatic carbocycles. The zero-order chi connectivity index (χ0) is 20.6. The molecule has 152 valence electrons. The molecule has 3 N–H and O–H groups in total. The van der Waals surface area contributed by atoms with Gasteiger partial charge in [-0.1, -0.05) is 12.8 Å². The summed E-state index contributed by atoms with van der Waals surface area (Å²) >= 11 is 0. The molecule has 0 aromatic carbocycles. The summed E-state index contributed by atoms with van der Waals surface area (Å²) in [6, 6.07) is 3.74. The second kappa shape index (κ2) is 7.43. The Hall–Kier alpha value is -3.01. The van der Waals surface area contributed by atoms with Crippen molar-refractivity contribution in [3.63, 3.8) is 0 Å². The molecule has 3 aromatic heterocycles. The fraction of sp³-hybridized carbons (Fsp3) is 0.368. The Bertz CT molecular complexity index is 1040. The number of pyridine rings is 2. The topological polar surface area (TPSA) is 104 Å². The molecule has 3 heterocycles. The van der Waals surface area contributed by atoms with Crippen molar-refractivity contribution in [1.82, 2.24) is 20.2 Å². The summed E-state index contributed by atoms with van der Waals surface area (Å²) < 4.78 is 38.5. The molecule has 4 rings (SSSR count). The molecular weight excluding hydrogens is 387 g/mol. The molecule has 10 heteroatoms. The lowest BCUT2D eigenvalue weighted by Gasteiger charge is -2.28. The van der Waals surface area contributed by atoms with E-state index in [0.29, 0.717) is 35.4 Å². The van der Waals surface area contributed by atoms with Crippen molar-refractivity contribution in [3.05, 3.63) is 36.2 Å². The Morgan fingerprint density at radius 1 is 1.07 bits per heavy atom. The lowest BCUT2D eigenvalue weighted by Crippen LogP contribution is -2.36. The minimum atomic E-state index is -4.62. The summed E-state index contributed by atoms with van der Waals surface area (Å²) in [5, 5.41) is 32.2. The molecule has 2 atom stereocenters. The Balaban J connectivity index is 1.76. The van der Waals surface area contributed by atoms with Gasteiger partial charge in [-0.25, -0.2) is 4.98 Å². The summed E-state index contributed by atoms with van der Waals surface area (Å²) in [5.41, 5.74) is -0.628. The normalized spacial score (nSPS) is 20.0. The number of rotatable bonds is 3. The zero-order valence-corrected chi connectivity index (χ0v) is 15.2. The van der Waals surface area contributed by atoms with E-state index in [-0.39, 0.29) is 17.4 Å². The smallest absolute Gasteiger partial charge is 0.418 e. The maximum atomic E-state index is 12.8. The van der Waals surface area contributed by atoms with E-state index in [4.69, 9.17) is 0 Å². The van der Waals surface area contributed by atoms with Gasteiger partial charge in [0, 0.05) is 17.8 Å². The summed E-state index contributed by atoms with van der Waals surface area (Å²) in [6.07, 6.45) is 0.478. The van der Waals surface area contributed by atoms with Crippen molar-refractivity contribution in [2.45, 2.75) is 44.0 Å². The predicted molar refractivity (Wildman–Crippen MR) is 99.1 cm³/mol. The van der Waals surface area contributed by atoms with E-state index in [2.05, 4.69) is 25.5 Å². The number of hydrogen-bond acceptors (Lipinski definition) is 7. The van der Waals surface area contributed by atoms with Crippen molar-refractivity contribution in [3.8, 4) is 17.1 Å². The lowest BCUT2D eigenvalue weighted by molar-refractivity contribution is -0.137. The van der Waals surface area contributed by atoms with Crippen molar-refractivity contribution >= 4 is 16.7 Å². The number of nitrogens with zero attached hydrogens (tertiary/aromatic N) is 4. The van der Waals surface area contributed by atoms with Gasteiger partial charge in [0.1, 0.15) is 22.7 Å².